The summed E-state index contributed by atoms with van der Waals surface area (Å²) in [4.78, 5) is 18.9. The summed E-state index contributed by atoms with van der Waals surface area (Å²) in [5.74, 6) is 0.371. The van der Waals surface area contributed by atoms with E-state index in [9.17, 15) is 4.79 Å². The minimum atomic E-state index is -0.407. The highest BCUT2D eigenvalue weighted by Crippen LogP contribution is 2.31. The number of benzene rings is 1. The molecule has 1 aromatic heterocycles. The number of morpholine rings is 1. The average Bonchev–Trinajstić information content (AvgIpc) is 2.73. The van der Waals surface area contributed by atoms with Crippen molar-refractivity contribution in [3.8, 4) is 5.75 Å². The minimum absolute atomic E-state index is 0.0275. The molecule has 9 heteroatoms. The number of aromatic nitrogens is 1. The molecule has 28 heavy (non-hydrogen) atoms. The highest BCUT2D eigenvalue weighted by atomic mass is 35.5. The van der Waals surface area contributed by atoms with Gasteiger partial charge in [-0.25, -0.2) is 4.98 Å². The van der Waals surface area contributed by atoms with Gasteiger partial charge in [0.1, 0.15) is 11.4 Å². The van der Waals surface area contributed by atoms with Crippen LogP contribution in [0.5, 0.6) is 5.75 Å². The Labute approximate surface area is 178 Å². The summed E-state index contributed by atoms with van der Waals surface area (Å²) >= 11 is 18.0. The van der Waals surface area contributed by atoms with Crippen LogP contribution in [0.3, 0.4) is 0 Å². The second-order valence-electron chi connectivity index (χ2n) is 6.23. The Morgan fingerprint density at radius 1 is 1.21 bits per heavy atom. The van der Waals surface area contributed by atoms with E-state index in [1.54, 1.807) is 7.11 Å². The monoisotopic (exact) mass is 443 g/mol. The number of carbonyl (C=O) groups excluding carboxylic acids is 1. The van der Waals surface area contributed by atoms with Crippen molar-refractivity contribution >= 4 is 40.7 Å². The molecule has 1 unspecified atom stereocenters. The third kappa shape index (κ3) is 4.88. The van der Waals surface area contributed by atoms with E-state index in [0.717, 1.165) is 24.4 Å². The number of hydrogen-bond donors (Lipinski definition) is 1. The summed E-state index contributed by atoms with van der Waals surface area (Å²) in [6.45, 7) is 3.24. The lowest BCUT2D eigenvalue weighted by Gasteiger charge is -2.35. The normalized spacial score (nSPS) is 15.9. The zero-order valence-electron chi connectivity index (χ0n) is 15.3. The van der Waals surface area contributed by atoms with Crippen LogP contribution < -0.4 is 10.1 Å². The summed E-state index contributed by atoms with van der Waals surface area (Å²) in [5, 5.41) is 3.27. The summed E-state index contributed by atoms with van der Waals surface area (Å²) in [6, 6.07) is 7.77. The topological polar surface area (TPSA) is 63.7 Å². The van der Waals surface area contributed by atoms with Gasteiger partial charge in [-0.05, 0) is 17.7 Å². The maximum atomic E-state index is 12.6. The lowest BCUT2D eigenvalue weighted by molar-refractivity contribution is 0.0162. The van der Waals surface area contributed by atoms with Gasteiger partial charge in [0.2, 0.25) is 0 Å². The van der Waals surface area contributed by atoms with Crippen molar-refractivity contribution in [1.29, 1.82) is 0 Å². The molecule has 1 saturated heterocycles. The molecule has 1 amide bonds. The molecule has 0 aliphatic carbocycles. The lowest BCUT2D eigenvalue weighted by atomic mass is 10.0. The number of nitrogens with zero attached hydrogens (tertiary/aromatic N) is 2. The number of rotatable bonds is 6. The van der Waals surface area contributed by atoms with Crippen LogP contribution in [0.25, 0.3) is 0 Å². The first-order valence-electron chi connectivity index (χ1n) is 8.74. The van der Waals surface area contributed by atoms with Crippen LogP contribution >= 0.6 is 34.8 Å². The summed E-state index contributed by atoms with van der Waals surface area (Å²) in [7, 11) is 1.63. The molecular weight excluding hydrogens is 425 g/mol. The smallest absolute Gasteiger partial charge is 0.271 e. The number of amides is 1. The van der Waals surface area contributed by atoms with Crippen LogP contribution in [0.15, 0.2) is 30.5 Å². The van der Waals surface area contributed by atoms with E-state index in [2.05, 4.69) is 15.2 Å². The SMILES string of the molecule is COc1ccc(C(CNC(=O)c2ncc(Cl)c(Cl)c2Cl)N2CCOCC2)cc1. The first-order valence-corrected chi connectivity index (χ1v) is 9.88. The zero-order valence-corrected chi connectivity index (χ0v) is 17.5. The van der Waals surface area contributed by atoms with Crippen LogP contribution in [0.4, 0.5) is 0 Å². The molecule has 0 spiro atoms. The molecule has 1 aliphatic rings. The number of carbonyl (C=O) groups is 1. The van der Waals surface area contributed by atoms with Gasteiger partial charge in [0, 0.05) is 25.8 Å². The van der Waals surface area contributed by atoms with Crippen molar-refractivity contribution in [1.82, 2.24) is 15.2 Å². The number of nitrogens with one attached hydrogen (secondary N) is 1. The molecule has 6 nitrogen and oxygen atoms in total. The van der Waals surface area contributed by atoms with E-state index in [-0.39, 0.29) is 26.8 Å². The lowest BCUT2D eigenvalue weighted by Crippen LogP contribution is -2.44. The van der Waals surface area contributed by atoms with Crippen LogP contribution in [0.1, 0.15) is 22.1 Å². The van der Waals surface area contributed by atoms with Gasteiger partial charge in [0.15, 0.2) is 0 Å². The van der Waals surface area contributed by atoms with Crippen molar-refractivity contribution < 1.29 is 14.3 Å². The van der Waals surface area contributed by atoms with E-state index >= 15 is 0 Å². The predicted molar refractivity (Wildman–Crippen MR) is 110 cm³/mol. The van der Waals surface area contributed by atoms with Gasteiger partial charge in [-0.2, -0.15) is 0 Å². The van der Waals surface area contributed by atoms with Gasteiger partial charge in [-0.1, -0.05) is 46.9 Å². The van der Waals surface area contributed by atoms with Crippen molar-refractivity contribution in [2.75, 3.05) is 40.0 Å². The van der Waals surface area contributed by atoms with Gasteiger partial charge >= 0.3 is 0 Å². The van der Waals surface area contributed by atoms with E-state index < -0.39 is 5.91 Å². The molecule has 1 fully saturated rings. The fourth-order valence-corrected chi connectivity index (χ4v) is 3.61. The number of methoxy groups -OCH3 is 1. The molecule has 1 aromatic carbocycles. The van der Waals surface area contributed by atoms with E-state index in [1.165, 1.54) is 6.20 Å². The van der Waals surface area contributed by atoms with E-state index in [0.29, 0.717) is 19.8 Å². The summed E-state index contributed by atoms with van der Waals surface area (Å²) in [5.41, 5.74) is 1.11. The fraction of sp³-hybridized carbons (Fsp3) is 0.368. The molecule has 1 N–H and O–H groups in total. The largest absolute Gasteiger partial charge is 0.497 e. The maximum Gasteiger partial charge on any atom is 0.271 e. The van der Waals surface area contributed by atoms with Gasteiger partial charge in [-0.3, -0.25) is 9.69 Å². The van der Waals surface area contributed by atoms with Gasteiger partial charge in [0.25, 0.3) is 5.91 Å². The van der Waals surface area contributed by atoms with Crippen molar-refractivity contribution in [3.63, 3.8) is 0 Å². The molecule has 2 heterocycles. The highest BCUT2D eigenvalue weighted by Gasteiger charge is 2.24. The molecule has 3 rings (SSSR count). The Hall–Kier alpha value is -1.57. The number of pyridine rings is 1. The number of ether oxygens (including phenoxy) is 2. The summed E-state index contributed by atoms with van der Waals surface area (Å²) < 4.78 is 10.7. The minimum Gasteiger partial charge on any atom is -0.497 e. The van der Waals surface area contributed by atoms with E-state index in [1.807, 2.05) is 24.3 Å². The van der Waals surface area contributed by atoms with Crippen molar-refractivity contribution in [2.24, 2.45) is 0 Å². The van der Waals surface area contributed by atoms with Crippen LogP contribution in [0.2, 0.25) is 15.1 Å². The molecule has 0 saturated carbocycles. The van der Waals surface area contributed by atoms with Crippen molar-refractivity contribution in [3.05, 3.63) is 56.8 Å². The third-order valence-corrected chi connectivity index (χ3v) is 5.82. The molecule has 0 radical (unpaired) electrons. The molecule has 0 bridgehead atoms. The fourth-order valence-electron chi connectivity index (χ4n) is 3.05. The predicted octanol–water partition coefficient (Wildman–Crippen LogP) is 3.85. The second-order valence-corrected chi connectivity index (χ2v) is 7.39. The Bertz CT molecular complexity index is 827. The van der Waals surface area contributed by atoms with Gasteiger partial charge in [-0.15, -0.1) is 0 Å². The molecule has 1 aliphatic heterocycles. The van der Waals surface area contributed by atoms with Gasteiger partial charge < -0.3 is 14.8 Å². The molecular formula is C19H20Cl3N3O3. The van der Waals surface area contributed by atoms with Crippen LogP contribution in [-0.2, 0) is 4.74 Å². The maximum absolute atomic E-state index is 12.6. The molecule has 1 atom stereocenters. The van der Waals surface area contributed by atoms with E-state index in [4.69, 9.17) is 44.3 Å². The quantitative estimate of drug-likeness (QED) is 0.733. The Kier molecular flexibility index (Phi) is 7.37. The molecule has 2 aromatic rings. The van der Waals surface area contributed by atoms with Crippen LogP contribution in [-0.4, -0.2) is 55.7 Å². The van der Waals surface area contributed by atoms with Crippen molar-refractivity contribution in [2.45, 2.75) is 6.04 Å². The highest BCUT2D eigenvalue weighted by molar-refractivity contribution is 6.48. The molecule has 150 valence electrons. The first-order chi connectivity index (χ1) is 13.5. The standard InChI is InChI=1S/C19H20Cl3N3O3/c1-27-13-4-2-12(3-5-13)15(25-6-8-28-9-7-25)11-24-19(26)18-17(22)16(21)14(20)10-23-18/h2-5,10,15H,6-9,11H2,1H3,(H,24,26). The van der Waals surface area contributed by atoms with Crippen LogP contribution in [0, 0.1) is 0 Å². The van der Waals surface area contributed by atoms with Gasteiger partial charge in [0.05, 0.1) is 41.4 Å². The Morgan fingerprint density at radius 2 is 1.89 bits per heavy atom. The first kappa shape index (κ1) is 21.1. The number of hydrogen-bond acceptors (Lipinski definition) is 5. The Morgan fingerprint density at radius 3 is 2.54 bits per heavy atom. The third-order valence-electron chi connectivity index (χ3n) is 4.58. The average molecular weight is 445 g/mol. The Balaban J connectivity index is 1.77. The summed E-state index contributed by atoms with van der Waals surface area (Å²) in [6.07, 6.45) is 1.31. The number of halogens is 3. The second kappa shape index (κ2) is 9.76. The zero-order chi connectivity index (χ0) is 20.1.